The first-order valence-electron chi connectivity index (χ1n) is 6.18. The highest BCUT2D eigenvalue weighted by Crippen LogP contribution is 2.19. The van der Waals surface area contributed by atoms with Gasteiger partial charge in [0.1, 0.15) is 5.69 Å². The molecule has 0 amide bonds. The van der Waals surface area contributed by atoms with Crippen LogP contribution in [0.2, 0.25) is 5.02 Å². The zero-order valence-electron chi connectivity index (χ0n) is 10.9. The van der Waals surface area contributed by atoms with Gasteiger partial charge >= 0.3 is 0 Å². The van der Waals surface area contributed by atoms with Crippen molar-refractivity contribution in [2.24, 2.45) is 0 Å². The fourth-order valence-corrected chi connectivity index (χ4v) is 2.71. The van der Waals surface area contributed by atoms with Gasteiger partial charge in [0.25, 0.3) is 0 Å². The van der Waals surface area contributed by atoms with Crippen LogP contribution in [0.4, 0.5) is 0 Å². The van der Waals surface area contributed by atoms with E-state index in [0.717, 1.165) is 17.8 Å². The molecule has 0 aliphatic carbocycles. The Balaban J connectivity index is 2.13. The minimum Gasteiger partial charge on any atom is -0.288 e. The van der Waals surface area contributed by atoms with Crippen LogP contribution < -0.4 is 0 Å². The number of aryl methyl sites for hydroxylation is 2. The molecule has 2 aromatic heterocycles. The molecule has 0 spiro atoms. The van der Waals surface area contributed by atoms with Crippen molar-refractivity contribution in [3.05, 3.63) is 44.9 Å². The number of hydrogen-bond acceptors (Lipinski definition) is 3. The van der Waals surface area contributed by atoms with Crippen molar-refractivity contribution in [3.8, 4) is 0 Å². The number of thiophene rings is 1. The second kappa shape index (κ2) is 6.17. The van der Waals surface area contributed by atoms with Gasteiger partial charge in [0.05, 0.1) is 9.90 Å². The lowest BCUT2D eigenvalue weighted by atomic mass is 10.2. The highest BCUT2D eigenvalue weighted by molar-refractivity contribution is 7.14. The summed E-state index contributed by atoms with van der Waals surface area (Å²) in [7, 11) is 0. The van der Waals surface area contributed by atoms with E-state index in [4.69, 9.17) is 11.6 Å². The van der Waals surface area contributed by atoms with E-state index in [1.165, 1.54) is 22.3 Å². The fourth-order valence-electron chi connectivity index (χ4n) is 1.62. The second-order valence-electron chi connectivity index (χ2n) is 4.04. The highest BCUT2D eigenvalue weighted by atomic mass is 35.5. The van der Waals surface area contributed by atoms with Gasteiger partial charge in [-0.25, -0.2) is 0 Å². The maximum absolute atomic E-state index is 12.0. The van der Waals surface area contributed by atoms with Gasteiger partial charge in [0.2, 0.25) is 0 Å². The molecular formula is C14H15ClN2OS. The SMILES string of the molecule is CCc1ccc(C(=O)/C=C/c2nn(CC)cc2Cl)s1. The van der Waals surface area contributed by atoms with Crippen molar-refractivity contribution >= 4 is 34.8 Å². The van der Waals surface area contributed by atoms with Crippen LogP contribution in [-0.2, 0) is 13.0 Å². The summed E-state index contributed by atoms with van der Waals surface area (Å²) in [4.78, 5) is 13.9. The van der Waals surface area contributed by atoms with E-state index in [1.807, 2.05) is 19.1 Å². The first-order chi connectivity index (χ1) is 9.13. The molecule has 0 aromatic carbocycles. The summed E-state index contributed by atoms with van der Waals surface area (Å²) < 4.78 is 1.74. The summed E-state index contributed by atoms with van der Waals surface area (Å²) in [5, 5.41) is 4.83. The van der Waals surface area contributed by atoms with Gasteiger partial charge in [-0.05, 0) is 37.6 Å². The lowest BCUT2D eigenvalue weighted by molar-refractivity contribution is 0.105. The van der Waals surface area contributed by atoms with Crippen LogP contribution in [0.5, 0.6) is 0 Å². The van der Waals surface area contributed by atoms with Gasteiger partial charge in [0.15, 0.2) is 5.78 Å². The van der Waals surface area contributed by atoms with Crippen LogP contribution in [0.1, 0.15) is 34.1 Å². The Bertz CT molecular complexity index is 613. The Labute approximate surface area is 121 Å². The second-order valence-corrected chi connectivity index (χ2v) is 5.61. The van der Waals surface area contributed by atoms with Crippen molar-refractivity contribution < 1.29 is 4.79 Å². The molecule has 19 heavy (non-hydrogen) atoms. The zero-order chi connectivity index (χ0) is 13.8. The van der Waals surface area contributed by atoms with Crippen molar-refractivity contribution in [2.45, 2.75) is 26.8 Å². The van der Waals surface area contributed by atoms with Crippen molar-refractivity contribution in [1.29, 1.82) is 0 Å². The van der Waals surface area contributed by atoms with Gasteiger partial charge in [-0.15, -0.1) is 11.3 Å². The molecule has 0 saturated carbocycles. The third-order valence-corrected chi connectivity index (χ3v) is 4.25. The predicted molar refractivity (Wildman–Crippen MR) is 80.0 cm³/mol. The number of rotatable bonds is 5. The van der Waals surface area contributed by atoms with E-state index in [0.29, 0.717) is 10.7 Å². The normalized spacial score (nSPS) is 11.3. The minimum atomic E-state index is -0.00758. The first kappa shape index (κ1) is 14.0. The van der Waals surface area contributed by atoms with Gasteiger partial charge in [0, 0.05) is 17.6 Å². The molecule has 2 rings (SSSR count). The number of halogens is 1. The third kappa shape index (κ3) is 3.33. The molecule has 2 heterocycles. The van der Waals surface area contributed by atoms with Crippen LogP contribution in [-0.4, -0.2) is 15.6 Å². The number of carbonyl (C=O) groups is 1. The molecule has 0 aliphatic heterocycles. The Hall–Kier alpha value is -1.39. The molecule has 0 atom stereocenters. The van der Waals surface area contributed by atoms with Gasteiger partial charge < -0.3 is 0 Å². The number of hydrogen-bond donors (Lipinski definition) is 0. The summed E-state index contributed by atoms with van der Waals surface area (Å²) in [5.74, 6) is -0.00758. The predicted octanol–water partition coefficient (Wildman–Crippen LogP) is 4.08. The van der Waals surface area contributed by atoms with Crippen LogP contribution >= 0.6 is 22.9 Å². The summed E-state index contributed by atoms with van der Waals surface area (Å²) >= 11 is 7.57. The van der Waals surface area contributed by atoms with E-state index in [9.17, 15) is 4.79 Å². The molecule has 0 unspecified atom stereocenters. The van der Waals surface area contributed by atoms with E-state index < -0.39 is 0 Å². The van der Waals surface area contributed by atoms with Gasteiger partial charge in [-0.1, -0.05) is 18.5 Å². The van der Waals surface area contributed by atoms with Crippen LogP contribution in [0, 0.1) is 0 Å². The van der Waals surface area contributed by atoms with Gasteiger partial charge in [-0.3, -0.25) is 9.48 Å². The largest absolute Gasteiger partial charge is 0.288 e. The summed E-state index contributed by atoms with van der Waals surface area (Å²) in [6.45, 7) is 4.82. The van der Waals surface area contributed by atoms with Crippen molar-refractivity contribution in [3.63, 3.8) is 0 Å². The molecule has 0 aliphatic rings. The molecule has 3 nitrogen and oxygen atoms in total. The molecule has 0 saturated heterocycles. The molecular weight excluding hydrogens is 280 g/mol. The molecule has 0 radical (unpaired) electrons. The number of carbonyl (C=O) groups excluding carboxylic acids is 1. The van der Waals surface area contributed by atoms with Gasteiger partial charge in [-0.2, -0.15) is 5.10 Å². The lowest BCUT2D eigenvalue weighted by Crippen LogP contribution is -1.94. The maximum Gasteiger partial charge on any atom is 0.195 e. The fraction of sp³-hybridized carbons (Fsp3) is 0.286. The number of ketones is 1. The topological polar surface area (TPSA) is 34.9 Å². The lowest BCUT2D eigenvalue weighted by Gasteiger charge is -1.91. The van der Waals surface area contributed by atoms with E-state index in [1.54, 1.807) is 17.0 Å². The Morgan fingerprint density at radius 2 is 2.26 bits per heavy atom. The summed E-state index contributed by atoms with van der Waals surface area (Å²) in [5.41, 5.74) is 0.629. The monoisotopic (exact) mass is 294 g/mol. The minimum absolute atomic E-state index is 0.00758. The number of aromatic nitrogens is 2. The van der Waals surface area contributed by atoms with Crippen LogP contribution in [0.15, 0.2) is 24.4 Å². The number of allylic oxidation sites excluding steroid dienone is 1. The molecule has 0 N–H and O–H groups in total. The summed E-state index contributed by atoms with van der Waals surface area (Å²) in [6, 6.07) is 3.85. The van der Waals surface area contributed by atoms with E-state index in [2.05, 4.69) is 12.0 Å². The Kier molecular flexibility index (Phi) is 4.56. The molecule has 2 aromatic rings. The molecule has 0 fully saturated rings. The smallest absolute Gasteiger partial charge is 0.195 e. The quantitative estimate of drug-likeness (QED) is 0.615. The highest BCUT2D eigenvalue weighted by Gasteiger charge is 2.07. The summed E-state index contributed by atoms with van der Waals surface area (Å²) in [6.07, 6.45) is 5.90. The van der Waals surface area contributed by atoms with Crippen LogP contribution in [0.25, 0.3) is 6.08 Å². The van der Waals surface area contributed by atoms with Crippen molar-refractivity contribution in [2.75, 3.05) is 0 Å². The molecule has 100 valence electrons. The third-order valence-electron chi connectivity index (χ3n) is 2.71. The van der Waals surface area contributed by atoms with E-state index >= 15 is 0 Å². The number of nitrogens with zero attached hydrogens (tertiary/aromatic N) is 2. The maximum atomic E-state index is 12.0. The Morgan fingerprint density at radius 1 is 1.47 bits per heavy atom. The van der Waals surface area contributed by atoms with E-state index in [-0.39, 0.29) is 5.78 Å². The standard InChI is InChI=1S/C14H15ClN2OS/c1-3-10-5-8-14(19-10)13(18)7-6-12-11(15)9-17(4-2)16-12/h5-9H,3-4H2,1-2H3/b7-6+. The first-order valence-corrected chi connectivity index (χ1v) is 7.37. The van der Waals surface area contributed by atoms with Crippen LogP contribution in [0.3, 0.4) is 0 Å². The zero-order valence-corrected chi connectivity index (χ0v) is 12.5. The Morgan fingerprint density at radius 3 is 2.84 bits per heavy atom. The molecule has 5 heteroatoms. The molecule has 0 bridgehead atoms. The average Bonchev–Trinajstić information content (AvgIpc) is 3.02. The average molecular weight is 295 g/mol. The van der Waals surface area contributed by atoms with Crippen molar-refractivity contribution in [1.82, 2.24) is 9.78 Å².